The number of aliphatic hydroxyl groups is 1. The number of anilines is 1. The van der Waals surface area contributed by atoms with Crippen LogP contribution in [0.2, 0.25) is 5.02 Å². The third-order valence-corrected chi connectivity index (χ3v) is 9.57. The summed E-state index contributed by atoms with van der Waals surface area (Å²) in [5.41, 5.74) is 4.64. The summed E-state index contributed by atoms with van der Waals surface area (Å²) in [6.45, 7) is 2.19. The summed E-state index contributed by atoms with van der Waals surface area (Å²) < 4.78 is 1.83. The highest BCUT2D eigenvalue weighted by atomic mass is 35.5. The van der Waals surface area contributed by atoms with E-state index < -0.39 is 5.60 Å². The van der Waals surface area contributed by atoms with Gasteiger partial charge in [0.05, 0.1) is 11.3 Å². The maximum atomic E-state index is 13.6. The molecule has 2 aliphatic heterocycles. The quantitative estimate of drug-likeness (QED) is 0.237. The Labute approximate surface area is 268 Å². The van der Waals surface area contributed by atoms with Crippen molar-refractivity contribution in [2.45, 2.75) is 56.6 Å². The fourth-order valence-corrected chi connectivity index (χ4v) is 6.90. The zero-order valence-electron chi connectivity index (χ0n) is 25.2. The molecule has 5 heterocycles. The van der Waals surface area contributed by atoms with Gasteiger partial charge >= 0.3 is 0 Å². The standard InChI is InChI=1S/C36H37ClN6O2/c37-29-15-13-28(14-16-29)36(45)17-22-41(23-18-36)32-8-5-21-43-34(32)39-33(40-43)24-26-9-11-27(12-10-26)35(44)42-20-4-2-7-31(42)25-30-6-1-3-19-38-30/h1,3,5-6,8-16,19,21,31,45H,2,4,7,17-18,20,22-25H2. The first kappa shape index (κ1) is 29.4. The van der Waals surface area contributed by atoms with E-state index in [1.54, 1.807) is 0 Å². The summed E-state index contributed by atoms with van der Waals surface area (Å²) in [7, 11) is 0. The number of carbonyl (C=O) groups is 1. The maximum Gasteiger partial charge on any atom is 0.254 e. The van der Waals surface area contributed by atoms with Crippen molar-refractivity contribution in [3.05, 3.63) is 124 Å². The van der Waals surface area contributed by atoms with E-state index >= 15 is 0 Å². The van der Waals surface area contributed by atoms with E-state index in [-0.39, 0.29) is 11.9 Å². The minimum Gasteiger partial charge on any atom is -0.385 e. The molecule has 2 fully saturated rings. The van der Waals surface area contributed by atoms with Crippen molar-refractivity contribution in [3.8, 4) is 0 Å². The van der Waals surface area contributed by atoms with E-state index in [2.05, 4.69) is 16.0 Å². The van der Waals surface area contributed by atoms with Gasteiger partial charge in [0.15, 0.2) is 11.5 Å². The molecule has 1 atom stereocenters. The average molecular weight is 621 g/mol. The molecule has 9 heteroatoms. The Kier molecular flexibility index (Phi) is 8.25. The van der Waals surface area contributed by atoms with Gasteiger partial charge in [0.25, 0.3) is 5.91 Å². The van der Waals surface area contributed by atoms with E-state index in [1.807, 2.05) is 94.6 Å². The van der Waals surface area contributed by atoms with Gasteiger partial charge in [-0.15, -0.1) is 0 Å². The number of benzene rings is 2. The molecule has 45 heavy (non-hydrogen) atoms. The summed E-state index contributed by atoms with van der Waals surface area (Å²) in [5.74, 6) is 0.810. The molecule has 8 nitrogen and oxygen atoms in total. The average Bonchev–Trinajstić information content (AvgIpc) is 3.49. The van der Waals surface area contributed by atoms with Crippen LogP contribution < -0.4 is 4.90 Å². The molecule has 1 N–H and O–H groups in total. The smallest absolute Gasteiger partial charge is 0.254 e. The molecule has 3 aromatic heterocycles. The number of halogens is 1. The molecular weight excluding hydrogens is 584 g/mol. The number of fused-ring (bicyclic) bond motifs is 1. The van der Waals surface area contributed by atoms with Crippen LogP contribution in [-0.4, -0.2) is 61.2 Å². The van der Waals surface area contributed by atoms with Gasteiger partial charge in [-0.1, -0.05) is 41.9 Å². The highest BCUT2D eigenvalue weighted by molar-refractivity contribution is 6.30. The number of amides is 1. The Bertz CT molecular complexity index is 1770. The fraction of sp³-hybridized carbons (Fsp3) is 0.333. The van der Waals surface area contributed by atoms with Crippen molar-refractivity contribution in [3.63, 3.8) is 0 Å². The van der Waals surface area contributed by atoms with Crippen LogP contribution in [0.3, 0.4) is 0 Å². The number of pyridine rings is 2. The summed E-state index contributed by atoms with van der Waals surface area (Å²) in [6, 6.07) is 25.6. The van der Waals surface area contributed by atoms with E-state index in [9.17, 15) is 9.90 Å². The molecule has 2 saturated heterocycles. The number of carbonyl (C=O) groups excluding carboxylic acids is 1. The first-order valence-electron chi connectivity index (χ1n) is 15.8. The Morgan fingerprint density at radius 3 is 2.49 bits per heavy atom. The van der Waals surface area contributed by atoms with Crippen LogP contribution in [0.1, 0.15) is 65.1 Å². The second-order valence-corrected chi connectivity index (χ2v) is 12.7. The zero-order chi connectivity index (χ0) is 30.8. The minimum atomic E-state index is -0.869. The Hall–Kier alpha value is -4.27. The van der Waals surface area contributed by atoms with Crippen LogP contribution in [0, 0.1) is 0 Å². The summed E-state index contributed by atoms with van der Waals surface area (Å²) in [5, 5.41) is 16.8. The van der Waals surface area contributed by atoms with Crippen molar-refractivity contribution in [2.24, 2.45) is 0 Å². The van der Waals surface area contributed by atoms with Crippen LogP contribution in [0.5, 0.6) is 0 Å². The lowest BCUT2D eigenvalue weighted by Gasteiger charge is -2.39. The second-order valence-electron chi connectivity index (χ2n) is 12.3. The lowest BCUT2D eigenvalue weighted by Crippen LogP contribution is -2.45. The first-order chi connectivity index (χ1) is 21.9. The molecule has 0 spiro atoms. The molecule has 0 bridgehead atoms. The summed E-state index contributed by atoms with van der Waals surface area (Å²) in [6.07, 6.45) is 9.49. The molecule has 0 aliphatic carbocycles. The largest absolute Gasteiger partial charge is 0.385 e. The third-order valence-electron chi connectivity index (χ3n) is 9.32. The lowest BCUT2D eigenvalue weighted by molar-refractivity contribution is 0.0118. The van der Waals surface area contributed by atoms with Gasteiger partial charge in [-0.05, 0) is 91.8 Å². The topological polar surface area (TPSA) is 86.9 Å². The van der Waals surface area contributed by atoms with E-state index in [0.717, 1.165) is 66.2 Å². The van der Waals surface area contributed by atoms with Gasteiger partial charge in [-0.3, -0.25) is 9.78 Å². The number of piperidine rings is 2. The number of rotatable bonds is 7. The Balaban J connectivity index is 1.02. The van der Waals surface area contributed by atoms with Crippen molar-refractivity contribution in [1.29, 1.82) is 0 Å². The van der Waals surface area contributed by atoms with Gasteiger partial charge in [-0.2, -0.15) is 5.10 Å². The molecule has 5 aromatic rings. The van der Waals surface area contributed by atoms with Crippen LogP contribution in [0.4, 0.5) is 5.69 Å². The molecule has 1 amide bonds. The molecule has 2 aromatic carbocycles. The number of aromatic nitrogens is 4. The van der Waals surface area contributed by atoms with E-state index in [1.165, 1.54) is 0 Å². The molecular formula is C36H37ClN6O2. The van der Waals surface area contributed by atoms with Crippen molar-refractivity contribution >= 4 is 28.8 Å². The van der Waals surface area contributed by atoms with Crippen LogP contribution >= 0.6 is 11.6 Å². The normalized spacial score (nSPS) is 18.3. The monoisotopic (exact) mass is 620 g/mol. The molecule has 0 saturated carbocycles. The van der Waals surface area contributed by atoms with E-state index in [4.69, 9.17) is 21.7 Å². The van der Waals surface area contributed by atoms with Crippen LogP contribution in [0.15, 0.2) is 91.3 Å². The number of hydrogen-bond acceptors (Lipinski definition) is 6. The Morgan fingerprint density at radius 2 is 1.73 bits per heavy atom. The van der Waals surface area contributed by atoms with Crippen molar-refractivity contribution < 1.29 is 9.90 Å². The first-order valence-corrected chi connectivity index (χ1v) is 16.2. The fourth-order valence-electron chi connectivity index (χ4n) is 6.78. The predicted molar refractivity (Wildman–Crippen MR) is 176 cm³/mol. The highest BCUT2D eigenvalue weighted by Crippen LogP contribution is 2.36. The highest BCUT2D eigenvalue weighted by Gasteiger charge is 2.35. The third kappa shape index (κ3) is 6.30. The molecule has 2 aliphatic rings. The van der Waals surface area contributed by atoms with Gasteiger partial charge in [0, 0.05) is 67.2 Å². The van der Waals surface area contributed by atoms with Gasteiger partial charge in [-0.25, -0.2) is 9.50 Å². The molecule has 7 rings (SSSR count). The number of likely N-dealkylation sites (tertiary alicyclic amines) is 1. The van der Waals surface area contributed by atoms with Gasteiger partial charge in [0.1, 0.15) is 0 Å². The summed E-state index contributed by atoms with van der Waals surface area (Å²) in [4.78, 5) is 27.3. The molecule has 1 unspecified atom stereocenters. The zero-order valence-corrected chi connectivity index (χ0v) is 26.0. The van der Waals surface area contributed by atoms with Gasteiger partial charge in [0.2, 0.25) is 0 Å². The van der Waals surface area contributed by atoms with Crippen LogP contribution in [0.25, 0.3) is 5.65 Å². The second kappa shape index (κ2) is 12.6. The van der Waals surface area contributed by atoms with Gasteiger partial charge < -0.3 is 14.9 Å². The summed E-state index contributed by atoms with van der Waals surface area (Å²) >= 11 is 6.06. The van der Waals surface area contributed by atoms with E-state index in [0.29, 0.717) is 42.9 Å². The molecule has 0 radical (unpaired) electrons. The lowest BCUT2D eigenvalue weighted by atomic mass is 9.84. The Morgan fingerprint density at radius 1 is 0.933 bits per heavy atom. The molecule has 230 valence electrons. The SMILES string of the molecule is O=C(c1ccc(Cc2nc3c(N4CCC(O)(c5ccc(Cl)cc5)CC4)cccn3n2)cc1)N1CCCCC1Cc1ccccn1. The maximum absolute atomic E-state index is 13.6. The van der Waals surface area contributed by atoms with Crippen molar-refractivity contribution in [1.82, 2.24) is 24.5 Å². The minimum absolute atomic E-state index is 0.0853. The number of hydrogen-bond donors (Lipinski definition) is 1. The van der Waals surface area contributed by atoms with Crippen molar-refractivity contribution in [2.75, 3.05) is 24.5 Å². The van der Waals surface area contributed by atoms with Crippen LogP contribution in [-0.2, 0) is 18.4 Å². The predicted octanol–water partition coefficient (Wildman–Crippen LogP) is 6.09. The number of nitrogens with zero attached hydrogens (tertiary/aromatic N) is 6.